The lowest BCUT2D eigenvalue weighted by Gasteiger charge is -2.42. The van der Waals surface area contributed by atoms with E-state index in [0.29, 0.717) is 19.3 Å². The molecular formula is C10H15NO3. The van der Waals surface area contributed by atoms with Crippen LogP contribution in [0.3, 0.4) is 0 Å². The van der Waals surface area contributed by atoms with Gasteiger partial charge in [0.05, 0.1) is 5.92 Å². The third-order valence-electron chi connectivity index (χ3n) is 3.26. The summed E-state index contributed by atoms with van der Waals surface area (Å²) in [6.45, 7) is 0.829. The number of nitrogens with zero attached hydrogens (tertiary/aromatic N) is 1. The Hall–Kier alpha value is -1.06. The van der Waals surface area contributed by atoms with E-state index in [-0.39, 0.29) is 17.9 Å². The number of hydrogen-bond donors (Lipinski definition) is 1. The van der Waals surface area contributed by atoms with E-state index in [1.54, 1.807) is 0 Å². The van der Waals surface area contributed by atoms with E-state index in [1.165, 1.54) is 0 Å². The summed E-state index contributed by atoms with van der Waals surface area (Å²) in [6, 6.07) is 0.212. The number of carbonyl (C=O) groups is 2. The van der Waals surface area contributed by atoms with Crippen molar-refractivity contribution >= 4 is 11.9 Å². The molecule has 0 bridgehead atoms. The highest BCUT2D eigenvalue weighted by Crippen LogP contribution is 2.33. The first kappa shape index (κ1) is 9.49. The Morgan fingerprint density at radius 2 is 2.07 bits per heavy atom. The van der Waals surface area contributed by atoms with Crippen molar-refractivity contribution < 1.29 is 14.7 Å². The number of hydrogen-bond acceptors (Lipinski definition) is 2. The molecule has 1 saturated heterocycles. The van der Waals surface area contributed by atoms with E-state index in [1.807, 2.05) is 4.90 Å². The van der Waals surface area contributed by atoms with Gasteiger partial charge in [0, 0.05) is 19.0 Å². The van der Waals surface area contributed by atoms with Crippen LogP contribution in [0.5, 0.6) is 0 Å². The summed E-state index contributed by atoms with van der Waals surface area (Å²) in [5.41, 5.74) is 0. The molecule has 1 saturated carbocycles. The minimum absolute atomic E-state index is 0.212. The highest BCUT2D eigenvalue weighted by Gasteiger charge is 2.40. The lowest BCUT2D eigenvalue weighted by molar-refractivity contribution is -0.151. The van der Waals surface area contributed by atoms with Crippen molar-refractivity contribution in [3.63, 3.8) is 0 Å². The van der Waals surface area contributed by atoms with Gasteiger partial charge in [0.25, 0.3) is 0 Å². The van der Waals surface area contributed by atoms with Gasteiger partial charge in [-0.3, -0.25) is 9.59 Å². The normalized spacial score (nSPS) is 32.6. The molecule has 1 heterocycles. The molecule has 0 radical (unpaired) electrons. The molecule has 2 rings (SSSR count). The zero-order chi connectivity index (χ0) is 10.1. The van der Waals surface area contributed by atoms with E-state index in [4.69, 9.17) is 5.11 Å². The molecule has 4 heteroatoms. The van der Waals surface area contributed by atoms with Crippen LogP contribution >= 0.6 is 0 Å². The Balaban J connectivity index is 1.86. The highest BCUT2D eigenvalue weighted by molar-refractivity contribution is 5.78. The van der Waals surface area contributed by atoms with Gasteiger partial charge < -0.3 is 10.0 Å². The van der Waals surface area contributed by atoms with Gasteiger partial charge in [0.2, 0.25) is 5.91 Å². The van der Waals surface area contributed by atoms with Gasteiger partial charge in [0.1, 0.15) is 0 Å². The molecule has 2 aliphatic rings. The lowest BCUT2D eigenvalue weighted by atomic mass is 9.78. The Morgan fingerprint density at radius 3 is 2.64 bits per heavy atom. The second-order valence-electron chi connectivity index (χ2n) is 4.20. The maximum Gasteiger partial charge on any atom is 0.306 e. The Kier molecular flexibility index (Phi) is 2.44. The minimum Gasteiger partial charge on any atom is -0.481 e. The average molecular weight is 197 g/mol. The van der Waals surface area contributed by atoms with Crippen LogP contribution in [0, 0.1) is 5.92 Å². The van der Waals surface area contributed by atoms with Crippen molar-refractivity contribution in [3.05, 3.63) is 0 Å². The fourth-order valence-electron chi connectivity index (χ4n) is 2.26. The number of aliphatic carboxylic acids is 1. The first-order valence-corrected chi connectivity index (χ1v) is 5.21. The van der Waals surface area contributed by atoms with Crippen LogP contribution in [0.4, 0.5) is 0 Å². The molecule has 0 spiro atoms. The van der Waals surface area contributed by atoms with Gasteiger partial charge in [-0.2, -0.15) is 0 Å². The van der Waals surface area contributed by atoms with Gasteiger partial charge in [-0.25, -0.2) is 0 Å². The Labute approximate surface area is 82.9 Å². The number of carboxylic acids is 1. The fourth-order valence-corrected chi connectivity index (χ4v) is 2.26. The van der Waals surface area contributed by atoms with Crippen molar-refractivity contribution in [1.82, 2.24) is 4.90 Å². The molecule has 0 atom stereocenters. The smallest absolute Gasteiger partial charge is 0.306 e. The molecule has 14 heavy (non-hydrogen) atoms. The molecule has 1 amide bonds. The molecule has 1 aliphatic heterocycles. The van der Waals surface area contributed by atoms with Crippen molar-refractivity contribution in [2.24, 2.45) is 5.92 Å². The van der Waals surface area contributed by atoms with Crippen LogP contribution < -0.4 is 0 Å². The number of piperidine rings is 1. The summed E-state index contributed by atoms with van der Waals surface area (Å²) in [6.07, 6.45) is 4.01. The molecule has 1 aliphatic carbocycles. The summed E-state index contributed by atoms with van der Waals surface area (Å²) in [4.78, 5) is 23.9. The highest BCUT2D eigenvalue weighted by atomic mass is 16.4. The van der Waals surface area contributed by atoms with Crippen LogP contribution in [-0.4, -0.2) is 34.5 Å². The van der Waals surface area contributed by atoms with Crippen LogP contribution in [-0.2, 0) is 9.59 Å². The van der Waals surface area contributed by atoms with Crippen LogP contribution in [0.15, 0.2) is 0 Å². The van der Waals surface area contributed by atoms with Crippen LogP contribution in [0.1, 0.15) is 32.1 Å². The maximum absolute atomic E-state index is 11.5. The molecular weight excluding hydrogens is 182 g/mol. The lowest BCUT2D eigenvalue weighted by Crippen LogP contribution is -2.51. The Bertz CT molecular complexity index is 258. The van der Waals surface area contributed by atoms with E-state index in [0.717, 1.165) is 19.4 Å². The number of likely N-dealkylation sites (tertiary alicyclic amines) is 1. The largest absolute Gasteiger partial charge is 0.481 e. The van der Waals surface area contributed by atoms with Crippen molar-refractivity contribution in [1.29, 1.82) is 0 Å². The zero-order valence-corrected chi connectivity index (χ0v) is 8.11. The van der Waals surface area contributed by atoms with E-state index in [9.17, 15) is 9.59 Å². The molecule has 2 fully saturated rings. The minimum atomic E-state index is -0.717. The molecule has 4 nitrogen and oxygen atoms in total. The molecule has 0 unspecified atom stereocenters. The summed E-state index contributed by atoms with van der Waals surface area (Å²) in [7, 11) is 0. The third kappa shape index (κ3) is 1.61. The predicted octanol–water partition coefficient (Wildman–Crippen LogP) is 0.862. The van der Waals surface area contributed by atoms with Gasteiger partial charge in [-0.05, 0) is 25.7 Å². The quantitative estimate of drug-likeness (QED) is 0.714. The molecule has 78 valence electrons. The van der Waals surface area contributed by atoms with Crippen molar-refractivity contribution in [2.45, 2.75) is 38.1 Å². The SMILES string of the molecule is O=C(O)C1CC(N2CCCCC2=O)C1. The van der Waals surface area contributed by atoms with E-state index < -0.39 is 5.97 Å². The zero-order valence-electron chi connectivity index (χ0n) is 8.11. The molecule has 0 aromatic rings. The number of rotatable bonds is 2. The summed E-state index contributed by atoms with van der Waals surface area (Å²) >= 11 is 0. The van der Waals surface area contributed by atoms with Gasteiger partial charge in [0.15, 0.2) is 0 Å². The van der Waals surface area contributed by atoms with Gasteiger partial charge in [-0.1, -0.05) is 0 Å². The van der Waals surface area contributed by atoms with Crippen LogP contribution in [0.2, 0.25) is 0 Å². The monoisotopic (exact) mass is 197 g/mol. The number of carbonyl (C=O) groups excluding carboxylic acids is 1. The van der Waals surface area contributed by atoms with Crippen molar-refractivity contribution in [2.75, 3.05) is 6.54 Å². The number of amides is 1. The summed E-state index contributed by atoms with van der Waals surface area (Å²) in [5.74, 6) is -0.717. The third-order valence-corrected chi connectivity index (χ3v) is 3.26. The molecule has 1 N–H and O–H groups in total. The van der Waals surface area contributed by atoms with E-state index >= 15 is 0 Å². The average Bonchev–Trinajstić information content (AvgIpc) is 2.05. The first-order valence-electron chi connectivity index (χ1n) is 5.21. The second kappa shape index (κ2) is 3.59. The Morgan fingerprint density at radius 1 is 1.36 bits per heavy atom. The number of carboxylic acid groups (broad SMARTS) is 1. The molecule has 0 aromatic heterocycles. The topological polar surface area (TPSA) is 57.6 Å². The summed E-state index contributed by atoms with van der Waals surface area (Å²) < 4.78 is 0. The van der Waals surface area contributed by atoms with E-state index in [2.05, 4.69) is 0 Å². The van der Waals surface area contributed by atoms with Gasteiger partial charge >= 0.3 is 5.97 Å². The predicted molar refractivity (Wildman–Crippen MR) is 49.7 cm³/mol. The maximum atomic E-state index is 11.5. The summed E-state index contributed by atoms with van der Waals surface area (Å²) in [5, 5.41) is 8.71. The van der Waals surface area contributed by atoms with Crippen LogP contribution in [0.25, 0.3) is 0 Å². The second-order valence-corrected chi connectivity index (χ2v) is 4.20. The van der Waals surface area contributed by atoms with Gasteiger partial charge in [-0.15, -0.1) is 0 Å². The standard InChI is InChI=1S/C10H15NO3/c12-9-3-1-2-4-11(9)8-5-7(6-8)10(13)14/h7-8H,1-6H2,(H,13,14). The van der Waals surface area contributed by atoms with Crippen molar-refractivity contribution in [3.8, 4) is 0 Å². The first-order chi connectivity index (χ1) is 6.68. The molecule has 0 aromatic carbocycles. The fraction of sp³-hybridized carbons (Fsp3) is 0.800.